The van der Waals surface area contributed by atoms with Crippen LogP contribution >= 0.6 is 0 Å². The van der Waals surface area contributed by atoms with E-state index in [1.165, 1.54) is 5.56 Å². The molecule has 4 nitrogen and oxygen atoms in total. The zero-order chi connectivity index (χ0) is 15.1. The van der Waals surface area contributed by atoms with E-state index in [2.05, 4.69) is 40.8 Å². The van der Waals surface area contributed by atoms with Crippen LogP contribution in [0, 0.1) is 0 Å². The van der Waals surface area contributed by atoms with Gasteiger partial charge in [-0.1, -0.05) is 19.1 Å². The number of rotatable bonds is 8. The highest BCUT2D eigenvalue weighted by atomic mass is 16.5. The Labute approximate surface area is 127 Å². The smallest absolute Gasteiger partial charge is 0.119 e. The number of aromatic nitrogens is 2. The summed E-state index contributed by atoms with van der Waals surface area (Å²) in [6.45, 7) is 8.87. The SMILES string of the molecule is CCNC(Cc1nccn1CC)c1ccc(OCC)cc1. The first-order valence-electron chi connectivity index (χ1n) is 7.74. The van der Waals surface area contributed by atoms with Crippen LogP contribution in [0.4, 0.5) is 0 Å². The third kappa shape index (κ3) is 4.08. The van der Waals surface area contributed by atoms with Crippen molar-refractivity contribution in [2.24, 2.45) is 0 Å². The first kappa shape index (κ1) is 15.6. The maximum atomic E-state index is 5.51. The Kier molecular flexibility index (Phi) is 5.81. The molecule has 114 valence electrons. The fourth-order valence-electron chi connectivity index (χ4n) is 2.52. The van der Waals surface area contributed by atoms with Crippen molar-refractivity contribution in [3.8, 4) is 5.75 Å². The molecule has 0 aliphatic rings. The van der Waals surface area contributed by atoms with Gasteiger partial charge in [0, 0.05) is 31.4 Å². The van der Waals surface area contributed by atoms with Crippen molar-refractivity contribution >= 4 is 0 Å². The van der Waals surface area contributed by atoms with E-state index in [0.29, 0.717) is 6.61 Å². The molecule has 0 saturated heterocycles. The lowest BCUT2D eigenvalue weighted by Gasteiger charge is -2.19. The number of imidazole rings is 1. The number of aryl methyl sites for hydroxylation is 1. The quantitative estimate of drug-likeness (QED) is 0.810. The van der Waals surface area contributed by atoms with E-state index in [1.807, 2.05) is 31.5 Å². The standard InChI is InChI=1S/C17H25N3O/c1-4-18-16(13-17-19-11-12-20(17)5-2)14-7-9-15(10-8-14)21-6-3/h7-12,16,18H,4-6,13H2,1-3H3. The van der Waals surface area contributed by atoms with Crippen molar-refractivity contribution < 1.29 is 4.74 Å². The molecule has 1 heterocycles. The minimum Gasteiger partial charge on any atom is -0.494 e. The van der Waals surface area contributed by atoms with Crippen LogP contribution in [0.25, 0.3) is 0 Å². The van der Waals surface area contributed by atoms with Gasteiger partial charge in [-0.15, -0.1) is 0 Å². The Morgan fingerprint density at radius 2 is 1.95 bits per heavy atom. The molecular formula is C17H25N3O. The molecule has 1 unspecified atom stereocenters. The Morgan fingerprint density at radius 1 is 1.19 bits per heavy atom. The van der Waals surface area contributed by atoms with E-state index >= 15 is 0 Å². The molecule has 21 heavy (non-hydrogen) atoms. The van der Waals surface area contributed by atoms with Gasteiger partial charge in [-0.25, -0.2) is 4.98 Å². The predicted molar refractivity (Wildman–Crippen MR) is 85.6 cm³/mol. The van der Waals surface area contributed by atoms with Gasteiger partial charge in [-0.05, 0) is 38.1 Å². The molecule has 0 fully saturated rings. The van der Waals surface area contributed by atoms with Crippen molar-refractivity contribution in [3.63, 3.8) is 0 Å². The summed E-state index contributed by atoms with van der Waals surface area (Å²) in [6.07, 6.45) is 4.80. The Bertz CT molecular complexity index is 533. The average molecular weight is 287 g/mol. The van der Waals surface area contributed by atoms with Crippen LogP contribution in [0.5, 0.6) is 5.75 Å². The van der Waals surface area contributed by atoms with Crippen molar-refractivity contribution in [2.45, 2.75) is 39.8 Å². The molecule has 1 atom stereocenters. The van der Waals surface area contributed by atoms with Gasteiger partial charge in [-0.2, -0.15) is 0 Å². The number of hydrogen-bond acceptors (Lipinski definition) is 3. The Balaban J connectivity index is 2.14. The minimum absolute atomic E-state index is 0.276. The van der Waals surface area contributed by atoms with Gasteiger partial charge in [0.25, 0.3) is 0 Å². The zero-order valence-electron chi connectivity index (χ0n) is 13.2. The first-order chi connectivity index (χ1) is 10.3. The third-order valence-corrected chi connectivity index (χ3v) is 3.57. The van der Waals surface area contributed by atoms with Crippen LogP contribution in [-0.2, 0) is 13.0 Å². The highest BCUT2D eigenvalue weighted by Crippen LogP contribution is 2.21. The van der Waals surface area contributed by atoms with Gasteiger partial charge in [0.05, 0.1) is 6.61 Å². The van der Waals surface area contributed by atoms with E-state index in [4.69, 9.17) is 4.74 Å². The van der Waals surface area contributed by atoms with Crippen molar-refractivity contribution in [2.75, 3.05) is 13.2 Å². The van der Waals surface area contributed by atoms with Gasteiger partial charge >= 0.3 is 0 Å². The van der Waals surface area contributed by atoms with Gasteiger partial charge in [0.15, 0.2) is 0 Å². The van der Waals surface area contributed by atoms with Crippen LogP contribution in [0.1, 0.15) is 38.2 Å². The second kappa shape index (κ2) is 7.84. The van der Waals surface area contributed by atoms with E-state index < -0.39 is 0 Å². The summed E-state index contributed by atoms with van der Waals surface area (Å²) in [7, 11) is 0. The highest BCUT2D eigenvalue weighted by molar-refractivity contribution is 5.29. The molecule has 0 spiro atoms. The molecule has 4 heteroatoms. The second-order valence-corrected chi connectivity index (χ2v) is 4.95. The van der Waals surface area contributed by atoms with E-state index in [-0.39, 0.29) is 6.04 Å². The summed E-state index contributed by atoms with van der Waals surface area (Å²) in [6, 6.07) is 8.62. The lowest BCUT2D eigenvalue weighted by Crippen LogP contribution is -2.24. The average Bonchev–Trinajstić information content (AvgIpc) is 2.95. The third-order valence-electron chi connectivity index (χ3n) is 3.57. The first-order valence-corrected chi connectivity index (χ1v) is 7.74. The maximum absolute atomic E-state index is 5.51. The molecule has 0 bridgehead atoms. The summed E-state index contributed by atoms with van der Waals surface area (Å²) in [5.41, 5.74) is 1.27. The summed E-state index contributed by atoms with van der Waals surface area (Å²) >= 11 is 0. The van der Waals surface area contributed by atoms with Gasteiger partial charge < -0.3 is 14.6 Å². The van der Waals surface area contributed by atoms with Gasteiger partial charge in [0.2, 0.25) is 0 Å². The van der Waals surface area contributed by atoms with Gasteiger partial charge in [0.1, 0.15) is 11.6 Å². The van der Waals surface area contributed by atoms with Crippen LogP contribution in [0.15, 0.2) is 36.7 Å². The van der Waals surface area contributed by atoms with Crippen molar-refractivity contribution in [1.29, 1.82) is 0 Å². The lowest BCUT2D eigenvalue weighted by atomic mass is 10.0. The summed E-state index contributed by atoms with van der Waals surface area (Å²) < 4.78 is 7.70. The van der Waals surface area contributed by atoms with E-state index in [0.717, 1.165) is 31.1 Å². The van der Waals surface area contributed by atoms with Crippen molar-refractivity contribution in [1.82, 2.24) is 14.9 Å². The monoisotopic (exact) mass is 287 g/mol. The largest absolute Gasteiger partial charge is 0.494 e. The Morgan fingerprint density at radius 3 is 2.57 bits per heavy atom. The van der Waals surface area contributed by atoms with E-state index in [1.54, 1.807) is 0 Å². The van der Waals surface area contributed by atoms with E-state index in [9.17, 15) is 0 Å². The molecule has 1 aromatic carbocycles. The van der Waals surface area contributed by atoms with Crippen LogP contribution in [-0.4, -0.2) is 22.7 Å². The molecular weight excluding hydrogens is 262 g/mol. The number of ether oxygens (including phenoxy) is 1. The molecule has 0 aliphatic heterocycles. The molecule has 0 saturated carbocycles. The number of likely N-dealkylation sites (N-methyl/N-ethyl adjacent to an activating group) is 1. The second-order valence-electron chi connectivity index (χ2n) is 4.95. The molecule has 2 aromatic rings. The maximum Gasteiger partial charge on any atom is 0.119 e. The fourth-order valence-corrected chi connectivity index (χ4v) is 2.52. The Hall–Kier alpha value is -1.81. The van der Waals surface area contributed by atoms with Crippen LogP contribution in [0.3, 0.4) is 0 Å². The number of benzene rings is 1. The molecule has 1 N–H and O–H groups in total. The summed E-state index contributed by atoms with van der Waals surface area (Å²) in [5, 5.41) is 3.55. The normalized spacial score (nSPS) is 12.3. The van der Waals surface area contributed by atoms with Crippen LogP contribution in [0.2, 0.25) is 0 Å². The number of hydrogen-bond donors (Lipinski definition) is 1. The molecule has 0 aliphatic carbocycles. The topological polar surface area (TPSA) is 39.1 Å². The molecule has 0 radical (unpaired) electrons. The van der Waals surface area contributed by atoms with Gasteiger partial charge in [-0.3, -0.25) is 0 Å². The summed E-state index contributed by atoms with van der Waals surface area (Å²) in [5.74, 6) is 2.05. The van der Waals surface area contributed by atoms with Crippen LogP contribution < -0.4 is 10.1 Å². The number of nitrogens with zero attached hydrogens (tertiary/aromatic N) is 2. The fraction of sp³-hybridized carbons (Fsp3) is 0.471. The highest BCUT2D eigenvalue weighted by Gasteiger charge is 2.14. The summed E-state index contributed by atoms with van der Waals surface area (Å²) in [4.78, 5) is 4.48. The molecule has 1 aromatic heterocycles. The molecule has 0 amide bonds. The minimum atomic E-state index is 0.276. The van der Waals surface area contributed by atoms with Crippen molar-refractivity contribution in [3.05, 3.63) is 48.0 Å². The number of nitrogens with one attached hydrogen (secondary N) is 1. The predicted octanol–water partition coefficient (Wildman–Crippen LogP) is 3.20. The lowest BCUT2D eigenvalue weighted by molar-refractivity contribution is 0.340. The molecule has 2 rings (SSSR count). The zero-order valence-corrected chi connectivity index (χ0v) is 13.2.